The standard InChI is InChI=1S/C23H27NO/c1-22(2,3)16-9-7-15(8-10-16)19-14-21(25)24-20-13-17(23(4,5)6)11-12-18(19)20/h7-14H,1-6H3,(H,24,25). The van der Waals surface area contributed by atoms with Gasteiger partial charge in [-0.1, -0.05) is 77.9 Å². The van der Waals surface area contributed by atoms with Crippen molar-refractivity contribution in [3.63, 3.8) is 0 Å². The molecule has 2 heteroatoms. The summed E-state index contributed by atoms with van der Waals surface area (Å²) in [4.78, 5) is 15.2. The molecule has 130 valence electrons. The molecular formula is C23H27NO. The van der Waals surface area contributed by atoms with Crippen LogP contribution in [-0.2, 0) is 10.8 Å². The number of hydrogen-bond donors (Lipinski definition) is 1. The Morgan fingerprint density at radius 1 is 0.720 bits per heavy atom. The Labute approximate surface area is 149 Å². The summed E-state index contributed by atoms with van der Waals surface area (Å²) in [5.41, 5.74) is 5.58. The van der Waals surface area contributed by atoms with Crippen LogP contribution in [0.5, 0.6) is 0 Å². The average molecular weight is 333 g/mol. The number of aromatic nitrogens is 1. The van der Waals surface area contributed by atoms with Gasteiger partial charge in [0.25, 0.3) is 0 Å². The molecule has 0 aliphatic heterocycles. The summed E-state index contributed by atoms with van der Waals surface area (Å²) in [6, 6.07) is 16.6. The predicted octanol–water partition coefficient (Wildman–Crippen LogP) is 5.79. The molecule has 0 amide bonds. The lowest BCUT2D eigenvalue weighted by molar-refractivity contribution is 0.590. The molecule has 0 aliphatic rings. The van der Waals surface area contributed by atoms with E-state index < -0.39 is 0 Å². The minimum atomic E-state index is -0.0616. The third-order valence-corrected chi connectivity index (χ3v) is 4.77. The quantitative estimate of drug-likeness (QED) is 0.600. The third kappa shape index (κ3) is 3.53. The lowest BCUT2D eigenvalue weighted by Crippen LogP contribution is -2.12. The SMILES string of the molecule is CC(C)(C)c1ccc(-c2cc(=O)[nH]c3cc(C(C)(C)C)ccc23)cc1. The number of rotatable bonds is 1. The van der Waals surface area contributed by atoms with Gasteiger partial charge in [-0.2, -0.15) is 0 Å². The van der Waals surface area contributed by atoms with Crippen LogP contribution in [0.15, 0.2) is 53.3 Å². The van der Waals surface area contributed by atoms with Gasteiger partial charge < -0.3 is 4.98 Å². The molecule has 3 aromatic rings. The largest absolute Gasteiger partial charge is 0.322 e. The predicted molar refractivity (Wildman–Crippen MR) is 107 cm³/mol. The zero-order chi connectivity index (χ0) is 18.4. The highest BCUT2D eigenvalue weighted by molar-refractivity contribution is 5.94. The van der Waals surface area contributed by atoms with Crippen LogP contribution in [0.3, 0.4) is 0 Å². The Kier molecular flexibility index (Phi) is 4.10. The van der Waals surface area contributed by atoms with Gasteiger partial charge in [-0.25, -0.2) is 0 Å². The molecule has 0 unspecified atom stereocenters. The molecule has 0 atom stereocenters. The van der Waals surface area contributed by atoms with Crippen LogP contribution < -0.4 is 5.56 Å². The third-order valence-electron chi connectivity index (χ3n) is 4.77. The first-order chi connectivity index (χ1) is 11.6. The van der Waals surface area contributed by atoms with E-state index >= 15 is 0 Å². The van der Waals surface area contributed by atoms with Gasteiger partial charge in [0.2, 0.25) is 5.56 Å². The van der Waals surface area contributed by atoms with Crippen molar-refractivity contribution in [2.75, 3.05) is 0 Å². The van der Waals surface area contributed by atoms with Crippen molar-refractivity contribution in [1.82, 2.24) is 4.98 Å². The van der Waals surface area contributed by atoms with Crippen LogP contribution in [0.25, 0.3) is 22.0 Å². The summed E-state index contributed by atoms with van der Waals surface area (Å²) in [5.74, 6) is 0. The number of fused-ring (bicyclic) bond motifs is 1. The molecule has 1 aromatic heterocycles. The van der Waals surface area contributed by atoms with Gasteiger partial charge in [-0.15, -0.1) is 0 Å². The first-order valence-electron chi connectivity index (χ1n) is 8.84. The van der Waals surface area contributed by atoms with E-state index in [9.17, 15) is 4.79 Å². The van der Waals surface area contributed by atoms with Crippen LogP contribution in [0.4, 0.5) is 0 Å². The van der Waals surface area contributed by atoms with Gasteiger partial charge in [0.05, 0.1) is 0 Å². The van der Waals surface area contributed by atoms with Crippen LogP contribution >= 0.6 is 0 Å². The fourth-order valence-electron chi connectivity index (χ4n) is 3.12. The van der Waals surface area contributed by atoms with E-state index in [1.807, 2.05) is 0 Å². The van der Waals surface area contributed by atoms with Crippen molar-refractivity contribution in [3.8, 4) is 11.1 Å². The summed E-state index contributed by atoms with van der Waals surface area (Å²) in [6.45, 7) is 13.2. The second-order valence-corrected chi connectivity index (χ2v) is 8.88. The van der Waals surface area contributed by atoms with Gasteiger partial charge in [-0.05, 0) is 39.2 Å². The van der Waals surface area contributed by atoms with E-state index in [1.54, 1.807) is 6.07 Å². The highest BCUT2D eigenvalue weighted by atomic mass is 16.1. The molecule has 0 fully saturated rings. The molecule has 2 nitrogen and oxygen atoms in total. The number of nitrogens with one attached hydrogen (secondary N) is 1. The Balaban J connectivity index is 2.18. The lowest BCUT2D eigenvalue weighted by atomic mass is 9.85. The fourth-order valence-corrected chi connectivity index (χ4v) is 3.12. The van der Waals surface area contributed by atoms with Crippen molar-refractivity contribution in [2.24, 2.45) is 0 Å². The number of hydrogen-bond acceptors (Lipinski definition) is 1. The smallest absolute Gasteiger partial charge is 0.249 e. The highest BCUT2D eigenvalue weighted by Crippen LogP contribution is 2.31. The Bertz CT molecular complexity index is 964. The van der Waals surface area contributed by atoms with Crippen LogP contribution in [0.1, 0.15) is 52.7 Å². The molecular weight excluding hydrogens is 306 g/mol. The molecule has 2 aromatic carbocycles. The Morgan fingerprint density at radius 2 is 1.28 bits per heavy atom. The van der Waals surface area contributed by atoms with Crippen molar-refractivity contribution in [3.05, 3.63) is 70.0 Å². The molecule has 0 saturated carbocycles. The van der Waals surface area contributed by atoms with E-state index in [0.29, 0.717) is 0 Å². The van der Waals surface area contributed by atoms with E-state index in [1.165, 1.54) is 11.1 Å². The fraction of sp³-hybridized carbons (Fsp3) is 0.348. The molecule has 0 spiro atoms. The van der Waals surface area contributed by atoms with Crippen molar-refractivity contribution in [2.45, 2.75) is 52.4 Å². The van der Waals surface area contributed by atoms with E-state index in [0.717, 1.165) is 22.0 Å². The molecule has 25 heavy (non-hydrogen) atoms. The van der Waals surface area contributed by atoms with Crippen LogP contribution in [0.2, 0.25) is 0 Å². The van der Waals surface area contributed by atoms with E-state index in [4.69, 9.17) is 0 Å². The van der Waals surface area contributed by atoms with Gasteiger partial charge in [0.15, 0.2) is 0 Å². The topological polar surface area (TPSA) is 32.9 Å². The van der Waals surface area contributed by atoms with Crippen molar-refractivity contribution >= 4 is 10.9 Å². The summed E-state index contributed by atoms with van der Waals surface area (Å²) >= 11 is 0. The van der Waals surface area contributed by atoms with Gasteiger partial charge in [-0.3, -0.25) is 4.79 Å². The van der Waals surface area contributed by atoms with Crippen LogP contribution in [-0.4, -0.2) is 4.98 Å². The van der Waals surface area contributed by atoms with Gasteiger partial charge in [0, 0.05) is 17.0 Å². The van der Waals surface area contributed by atoms with E-state index in [2.05, 4.69) is 89.0 Å². The maximum Gasteiger partial charge on any atom is 0.249 e. The van der Waals surface area contributed by atoms with Crippen molar-refractivity contribution in [1.29, 1.82) is 0 Å². The minimum absolute atomic E-state index is 0.0510. The highest BCUT2D eigenvalue weighted by Gasteiger charge is 2.16. The molecule has 1 N–H and O–H groups in total. The number of pyridine rings is 1. The van der Waals surface area contributed by atoms with Gasteiger partial charge >= 0.3 is 0 Å². The molecule has 1 heterocycles. The zero-order valence-electron chi connectivity index (χ0n) is 16.0. The first kappa shape index (κ1) is 17.5. The Hall–Kier alpha value is -2.35. The second kappa shape index (κ2) is 5.87. The van der Waals surface area contributed by atoms with Crippen LogP contribution in [0, 0.1) is 0 Å². The molecule has 0 bridgehead atoms. The molecule has 3 rings (SSSR count). The lowest BCUT2D eigenvalue weighted by Gasteiger charge is -2.20. The summed E-state index contributed by atoms with van der Waals surface area (Å²) in [6.07, 6.45) is 0. The Morgan fingerprint density at radius 3 is 1.84 bits per heavy atom. The minimum Gasteiger partial charge on any atom is -0.322 e. The number of benzene rings is 2. The maximum atomic E-state index is 12.2. The first-order valence-corrected chi connectivity index (χ1v) is 8.84. The second-order valence-electron chi connectivity index (χ2n) is 8.88. The molecule has 0 saturated heterocycles. The monoisotopic (exact) mass is 333 g/mol. The summed E-state index contributed by atoms with van der Waals surface area (Å²) in [7, 11) is 0. The van der Waals surface area contributed by atoms with Crippen molar-refractivity contribution < 1.29 is 0 Å². The molecule has 0 radical (unpaired) electrons. The number of aromatic amines is 1. The summed E-state index contributed by atoms with van der Waals surface area (Å²) in [5, 5.41) is 1.08. The van der Waals surface area contributed by atoms with Gasteiger partial charge in [0.1, 0.15) is 0 Å². The zero-order valence-corrected chi connectivity index (χ0v) is 16.0. The maximum absolute atomic E-state index is 12.2. The summed E-state index contributed by atoms with van der Waals surface area (Å²) < 4.78 is 0. The average Bonchev–Trinajstić information content (AvgIpc) is 2.52. The normalized spacial score (nSPS) is 12.6. The van der Waals surface area contributed by atoms with E-state index in [-0.39, 0.29) is 16.4 Å². The number of H-pyrrole nitrogens is 1. The molecule has 0 aliphatic carbocycles.